The first-order valence-corrected chi connectivity index (χ1v) is 8.97. The van der Waals surface area contributed by atoms with E-state index in [1.807, 2.05) is 0 Å². The van der Waals surface area contributed by atoms with Crippen LogP contribution in [0, 0.1) is 23.0 Å². The molecule has 2 atom stereocenters. The highest BCUT2D eigenvalue weighted by molar-refractivity contribution is 6.33. The summed E-state index contributed by atoms with van der Waals surface area (Å²) in [6.45, 7) is 1.49. The number of carbonyl (C=O) groups excluding carboxylic acids is 2. The highest BCUT2D eigenvalue weighted by Gasteiger charge is 2.57. The number of benzene rings is 2. The first-order chi connectivity index (χ1) is 14.4. The number of amides is 2. The van der Waals surface area contributed by atoms with Crippen LogP contribution in [-0.2, 0) is 14.4 Å². The molecule has 2 aromatic rings. The molecular weight excluding hydrogens is 394 g/mol. The van der Waals surface area contributed by atoms with Crippen LogP contribution in [-0.4, -0.2) is 42.8 Å². The minimum absolute atomic E-state index is 0.147. The molecule has 2 aliphatic heterocycles. The second kappa shape index (κ2) is 7.14. The lowest BCUT2D eigenvalue weighted by Gasteiger charge is -2.18. The summed E-state index contributed by atoms with van der Waals surface area (Å²) in [4.78, 5) is 43.2. The van der Waals surface area contributed by atoms with Crippen molar-refractivity contribution in [3.63, 3.8) is 0 Å². The predicted octanol–water partition coefficient (Wildman–Crippen LogP) is 2.21. The SMILES string of the molecule is COc1ccc(OC)c(C2=NO[C@H]3C(=O)N(c4cccc([N+](=O)[O-])c4C)C(=O)[C@@H]23)c1. The van der Waals surface area contributed by atoms with Gasteiger partial charge >= 0.3 is 0 Å². The van der Waals surface area contributed by atoms with Crippen LogP contribution >= 0.6 is 0 Å². The number of imide groups is 1. The number of nitrogens with zero attached hydrogens (tertiary/aromatic N) is 3. The van der Waals surface area contributed by atoms with Crippen molar-refractivity contribution in [3.8, 4) is 11.5 Å². The Bertz CT molecular complexity index is 1110. The first-order valence-electron chi connectivity index (χ1n) is 8.97. The molecule has 0 aliphatic carbocycles. The fourth-order valence-electron chi connectivity index (χ4n) is 3.70. The lowest BCUT2D eigenvalue weighted by molar-refractivity contribution is -0.385. The molecule has 10 nitrogen and oxygen atoms in total. The Morgan fingerprint density at radius 2 is 1.90 bits per heavy atom. The number of methoxy groups -OCH3 is 2. The van der Waals surface area contributed by atoms with Crippen LogP contribution in [0.2, 0.25) is 0 Å². The van der Waals surface area contributed by atoms with Crippen molar-refractivity contribution in [3.05, 3.63) is 57.6 Å². The molecule has 0 radical (unpaired) electrons. The molecule has 2 aliphatic rings. The molecule has 1 fully saturated rings. The van der Waals surface area contributed by atoms with Crippen LogP contribution in [0.5, 0.6) is 11.5 Å². The largest absolute Gasteiger partial charge is 0.497 e. The van der Waals surface area contributed by atoms with E-state index in [-0.39, 0.29) is 22.6 Å². The molecule has 4 rings (SSSR count). The Morgan fingerprint density at radius 1 is 1.13 bits per heavy atom. The van der Waals surface area contributed by atoms with Gasteiger partial charge in [0.05, 0.1) is 30.4 Å². The first kappa shape index (κ1) is 19.4. The van der Waals surface area contributed by atoms with Crippen molar-refractivity contribution in [2.75, 3.05) is 19.1 Å². The number of anilines is 1. The minimum atomic E-state index is -1.15. The summed E-state index contributed by atoms with van der Waals surface area (Å²) in [6, 6.07) is 9.22. The highest BCUT2D eigenvalue weighted by Crippen LogP contribution is 2.40. The van der Waals surface area contributed by atoms with Gasteiger partial charge in [0.2, 0.25) is 12.0 Å². The number of carbonyl (C=O) groups is 2. The van der Waals surface area contributed by atoms with Crippen molar-refractivity contribution in [2.45, 2.75) is 13.0 Å². The molecule has 10 heteroatoms. The van der Waals surface area contributed by atoms with Gasteiger partial charge in [-0.2, -0.15) is 0 Å². The lowest BCUT2D eigenvalue weighted by Crippen LogP contribution is -2.33. The zero-order valence-electron chi connectivity index (χ0n) is 16.3. The molecule has 2 heterocycles. The van der Waals surface area contributed by atoms with Crippen molar-refractivity contribution in [2.24, 2.45) is 11.1 Å². The fraction of sp³-hybridized carbons (Fsp3) is 0.250. The summed E-state index contributed by atoms with van der Waals surface area (Å²) in [6.07, 6.45) is -1.15. The normalized spacial score (nSPS) is 20.0. The summed E-state index contributed by atoms with van der Waals surface area (Å²) in [5, 5.41) is 15.2. The summed E-state index contributed by atoms with van der Waals surface area (Å²) in [7, 11) is 2.97. The molecule has 0 N–H and O–H groups in total. The average molecular weight is 411 g/mol. The number of nitro benzene ring substituents is 1. The van der Waals surface area contributed by atoms with E-state index in [0.29, 0.717) is 17.1 Å². The summed E-state index contributed by atoms with van der Waals surface area (Å²) in [5.41, 5.74) is 0.869. The third-order valence-electron chi connectivity index (χ3n) is 5.21. The summed E-state index contributed by atoms with van der Waals surface area (Å²) in [5.74, 6) is -1.26. The second-order valence-corrected chi connectivity index (χ2v) is 6.74. The molecular formula is C20H17N3O7. The Labute approximate surface area is 170 Å². The molecule has 2 aromatic carbocycles. The smallest absolute Gasteiger partial charge is 0.278 e. The van der Waals surface area contributed by atoms with Crippen LogP contribution in [0.25, 0.3) is 0 Å². The third-order valence-corrected chi connectivity index (χ3v) is 5.21. The minimum Gasteiger partial charge on any atom is -0.497 e. The Morgan fingerprint density at radius 3 is 2.57 bits per heavy atom. The quantitative estimate of drug-likeness (QED) is 0.420. The number of ether oxygens (including phenoxy) is 2. The van der Waals surface area contributed by atoms with E-state index in [4.69, 9.17) is 14.3 Å². The monoisotopic (exact) mass is 411 g/mol. The Balaban J connectivity index is 1.77. The van der Waals surface area contributed by atoms with E-state index in [1.54, 1.807) is 18.2 Å². The maximum absolute atomic E-state index is 13.3. The standard InChI is InChI=1S/C20H17N3O7/c1-10-13(5-4-6-14(10)23(26)27)22-19(24)16-17(21-30-18(16)20(22)25)12-9-11(28-2)7-8-15(12)29-3/h4-9,16,18H,1-3H3/t16-,18+/m0/s1. The molecule has 0 unspecified atom stereocenters. The van der Waals surface area contributed by atoms with Crippen molar-refractivity contribution >= 4 is 28.9 Å². The van der Waals surface area contributed by atoms with Gasteiger partial charge in [-0.05, 0) is 31.2 Å². The molecule has 30 heavy (non-hydrogen) atoms. The van der Waals surface area contributed by atoms with Gasteiger partial charge in [0.15, 0.2) is 0 Å². The average Bonchev–Trinajstić information content (AvgIpc) is 3.28. The van der Waals surface area contributed by atoms with E-state index < -0.39 is 28.8 Å². The molecule has 1 saturated heterocycles. The molecule has 154 valence electrons. The number of nitro groups is 1. The van der Waals surface area contributed by atoms with Gasteiger partial charge in [0.25, 0.3) is 11.6 Å². The second-order valence-electron chi connectivity index (χ2n) is 6.74. The maximum atomic E-state index is 13.3. The molecule has 0 bridgehead atoms. The van der Waals surface area contributed by atoms with Gasteiger partial charge in [-0.25, -0.2) is 4.90 Å². The summed E-state index contributed by atoms with van der Waals surface area (Å²) >= 11 is 0. The van der Waals surface area contributed by atoms with Crippen molar-refractivity contribution in [1.29, 1.82) is 0 Å². The van der Waals surface area contributed by atoms with Crippen LogP contribution < -0.4 is 14.4 Å². The van der Waals surface area contributed by atoms with Crippen LogP contribution in [0.3, 0.4) is 0 Å². The number of hydrogen-bond acceptors (Lipinski definition) is 8. The third kappa shape index (κ3) is 2.76. The van der Waals surface area contributed by atoms with Gasteiger partial charge in [-0.3, -0.25) is 19.7 Å². The number of hydrogen-bond donors (Lipinski definition) is 0. The van der Waals surface area contributed by atoms with E-state index in [9.17, 15) is 19.7 Å². The zero-order valence-corrected chi connectivity index (χ0v) is 16.3. The summed E-state index contributed by atoms with van der Waals surface area (Å²) < 4.78 is 10.6. The number of rotatable bonds is 5. The molecule has 0 spiro atoms. The van der Waals surface area contributed by atoms with Crippen LogP contribution in [0.1, 0.15) is 11.1 Å². The highest BCUT2D eigenvalue weighted by atomic mass is 16.7. The van der Waals surface area contributed by atoms with E-state index >= 15 is 0 Å². The zero-order chi connectivity index (χ0) is 21.6. The molecule has 0 aromatic heterocycles. The van der Waals surface area contributed by atoms with E-state index in [2.05, 4.69) is 5.16 Å². The van der Waals surface area contributed by atoms with Gasteiger partial charge in [-0.15, -0.1) is 0 Å². The molecule has 0 saturated carbocycles. The van der Waals surface area contributed by atoms with Crippen LogP contribution in [0.4, 0.5) is 11.4 Å². The van der Waals surface area contributed by atoms with Gasteiger partial charge in [0, 0.05) is 11.6 Å². The van der Waals surface area contributed by atoms with E-state index in [0.717, 1.165) is 4.90 Å². The Kier molecular flexibility index (Phi) is 4.61. The number of oxime groups is 1. The van der Waals surface area contributed by atoms with Crippen LogP contribution in [0.15, 0.2) is 41.6 Å². The maximum Gasteiger partial charge on any atom is 0.278 e. The predicted molar refractivity (Wildman–Crippen MR) is 105 cm³/mol. The number of fused-ring (bicyclic) bond motifs is 1. The van der Waals surface area contributed by atoms with Gasteiger partial charge in [-0.1, -0.05) is 11.2 Å². The molecule has 2 amide bonds. The Hall–Kier alpha value is -3.95. The van der Waals surface area contributed by atoms with Gasteiger partial charge < -0.3 is 14.3 Å². The van der Waals surface area contributed by atoms with Gasteiger partial charge in [0.1, 0.15) is 23.1 Å². The fourth-order valence-corrected chi connectivity index (χ4v) is 3.70. The van der Waals surface area contributed by atoms with E-state index in [1.165, 1.54) is 39.3 Å². The van der Waals surface area contributed by atoms with Crippen molar-refractivity contribution in [1.82, 2.24) is 0 Å². The topological polar surface area (TPSA) is 121 Å². The lowest BCUT2D eigenvalue weighted by atomic mass is 9.93. The van der Waals surface area contributed by atoms with Crippen molar-refractivity contribution < 1.29 is 28.8 Å².